The highest BCUT2D eigenvalue weighted by atomic mass is 19.1. The maximum absolute atomic E-state index is 13.1. The highest BCUT2D eigenvalue weighted by Crippen LogP contribution is 2.26. The lowest BCUT2D eigenvalue weighted by atomic mass is 10.1. The van der Waals surface area contributed by atoms with Gasteiger partial charge in [0.2, 0.25) is 0 Å². The summed E-state index contributed by atoms with van der Waals surface area (Å²) < 4.78 is 23.5. The third-order valence-electron chi connectivity index (χ3n) is 2.47. The zero-order chi connectivity index (χ0) is 13.1. The van der Waals surface area contributed by atoms with E-state index in [1.807, 2.05) is 0 Å². The van der Waals surface area contributed by atoms with Gasteiger partial charge in [-0.2, -0.15) is 0 Å². The van der Waals surface area contributed by atoms with Crippen molar-refractivity contribution in [1.29, 1.82) is 0 Å². The smallest absolute Gasteiger partial charge is 0.134 e. The summed E-state index contributed by atoms with van der Waals surface area (Å²) in [6, 6.07) is 5.79. The molecule has 1 unspecified atom stereocenters. The van der Waals surface area contributed by atoms with E-state index in [0.29, 0.717) is 22.8 Å². The van der Waals surface area contributed by atoms with Gasteiger partial charge in [-0.3, -0.25) is 0 Å². The van der Waals surface area contributed by atoms with E-state index >= 15 is 0 Å². The molecule has 2 rings (SSSR count). The molecular weight excluding hydrogens is 237 g/mol. The van der Waals surface area contributed by atoms with E-state index < -0.39 is 11.9 Å². The molecule has 1 aromatic heterocycles. The molecule has 18 heavy (non-hydrogen) atoms. The molecule has 0 amide bonds. The summed E-state index contributed by atoms with van der Waals surface area (Å²) in [5, 5.41) is 13.3. The van der Waals surface area contributed by atoms with E-state index in [4.69, 9.17) is 9.26 Å². The molecule has 0 saturated heterocycles. The number of aliphatic hydroxyl groups excluding tert-OH is 1. The third kappa shape index (κ3) is 2.87. The Morgan fingerprint density at radius 3 is 2.83 bits per heavy atom. The predicted octanol–water partition coefficient (Wildman–Crippen LogP) is 2.75. The molecule has 4 nitrogen and oxygen atoms in total. The Kier molecular flexibility index (Phi) is 3.62. The molecule has 96 valence electrons. The Morgan fingerprint density at radius 2 is 2.22 bits per heavy atom. The summed E-state index contributed by atoms with van der Waals surface area (Å²) >= 11 is 0. The van der Waals surface area contributed by atoms with Gasteiger partial charge in [0.15, 0.2) is 0 Å². The summed E-state index contributed by atoms with van der Waals surface area (Å²) in [5.74, 6) is 0.728. The van der Waals surface area contributed by atoms with E-state index in [-0.39, 0.29) is 6.61 Å². The summed E-state index contributed by atoms with van der Waals surface area (Å²) in [6.45, 7) is 3.56. The lowest BCUT2D eigenvalue weighted by molar-refractivity contribution is 0.189. The number of aryl methyl sites for hydroxylation is 1. The SMILES string of the molecule is Cc1cc(COc2ccc(F)cc2C(C)O)no1. The van der Waals surface area contributed by atoms with Crippen LogP contribution in [0.25, 0.3) is 0 Å². The molecular formula is C13H14FNO3. The van der Waals surface area contributed by atoms with Gasteiger partial charge in [0.1, 0.15) is 29.6 Å². The molecule has 0 aliphatic rings. The molecule has 0 aliphatic heterocycles. The number of aromatic nitrogens is 1. The van der Waals surface area contributed by atoms with Crippen molar-refractivity contribution in [3.63, 3.8) is 0 Å². The lowest BCUT2D eigenvalue weighted by Gasteiger charge is -2.12. The van der Waals surface area contributed by atoms with Crippen LogP contribution in [0.5, 0.6) is 5.75 Å². The first-order chi connectivity index (χ1) is 8.56. The second kappa shape index (κ2) is 5.18. The minimum atomic E-state index is -0.797. The number of halogens is 1. The Morgan fingerprint density at radius 1 is 1.44 bits per heavy atom. The van der Waals surface area contributed by atoms with Crippen LogP contribution in [0.4, 0.5) is 4.39 Å². The molecule has 0 fully saturated rings. The molecule has 0 aliphatic carbocycles. The van der Waals surface area contributed by atoms with Crippen molar-refractivity contribution in [2.45, 2.75) is 26.6 Å². The van der Waals surface area contributed by atoms with E-state index in [9.17, 15) is 9.50 Å². The molecule has 5 heteroatoms. The average molecular weight is 251 g/mol. The highest BCUT2D eigenvalue weighted by Gasteiger charge is 2.11. The van der Waals surface area contributed by atoms with Crippen LogP contribution >= 0.6 is 0 Å². The number of ether oxygens (including phenoxy) is 1. The first-order valence-electron chi connectivity index (χ1n) is 5.59. The van der Waals surface area contributed by atoms with Gasteiger partial charge < -0.3 is 14.4 Å². The van der Waals surface area contributed by atoms with E-state index in [1.165, 1.54) is 18.2 Å². The number of rotatable bonds is 4. The van der Waals surface area contributed by atoms with Gasteiger partial charge in [0.25, 0.3) is 0 Å². The molecule has 1 aromatic carbocycles. The minimum absolute atomic E-state index is 0.211. The molecule has 1 N–H and O–H groups in total. The normalized spacial score (nSPS) is 12.4. The first-order valence-corrected chi connectivity index (χ1v) is 5.59. The minimum Gasteiger partial charge on any atom is -0.487 e. The second-order valence-corrected chi connectivity index (χ2v) is 4.08. The predicted molar refractivity (Wildman–Crippen MR) is 62.6 cm³/mol. The number of nitrogens with zero attached hydrogens (tertiary/aromatic N) is 1. The van der Waals surface area contributed by atoms with Gasteiger partial charge in [-0.25, -0.2) is 4.39 Å². The van der Waals surface area contributed by atoms with Crippen LogP contribution in [0, 0.1) is 12.7 Å². The van der Waals surface area contributed by atoms with Gasteiger partial charge in [-0.15, -0.1) is 0 Å². The van der Waals surface area contributed by atoms with E-state index in [0.717, 1.165) is 0 Å². The molecule has 0 radical (unpaired) electrons. The fourth-order valence-corrected chi connectivity index (χ4v) is 1.61. The van der Waals surface area contributed by atoms with Crippen LogP contribution < -0.4 is 4.74 Å². The van der Waals surface area contributed by atoms with Gasteiger partial charge in [-0.1, -0.05) is 5.16 Å². The fourth-order valence-electron chi connectivity index (χ4n) is 1.61. The van der Waals surface area contributed by atoms with Crippen LogP contribution in [0.2, 0.25) is 0 Å². The average Bonchev–Trinajstić information content (AvgIpc) is 2.73. The number of hydrogen-bond acceptors (Lipinski definition) is 4. The maximum Gasteiger partial charge on any atom is 0.134 e. The fraction of sp³-hybridized carbons (Fsp3) is 0.308. The summed E-state index contributed by atoms with van der Waals surface area (Å²) in [5.41, 5.74) is 1.06. The molecule has 0 spiro atoms. The Bertz CT molecular complexity index is 537. The summed E-state index contributed by atoms with van der Waals surface area (Å²) in [6.07, 6.45) is -0.797. The summed E-state index contributed by atoms with van der Waals surface area (Å²) in [4.78, 5) is 0. The largest absolute Gasteiger partial charge is 0.487 e. The summed E-state index contributed by atoms with van der Waals surface area (Å²) in [7, 11) is 0. The monoisotopic (exact) mass is 251 g/mol. The van der Waals surface area contributed by atoms with Crippen molar-refractivity contribution < 1.29 is 18.8 Å². The Hall–Kier alpha value is -1.88. The topological polar surface area (TPSA) is 55.5 Å². The number of benzene rings is 1. The van der Waals surface area contributed by atoms with Crippen molar-refractivity contribution >= 4 is 0 Å². The standard InChI is InChI=1S/C13H14FNO3/c1-8-5-11(15-18-8)7-17-13-4-3-10(14)6-12(13)9(2)16/h3-6,9,16H,7H2,1-2H3. The molecule has 0 saturated carbocycles. The van der Waals surface area contributed by atoms with Crippen molar-refractivity contribution in [3.05, 3.63) is 47.1 Å². The van der Waals surface area contributed by atoms with Crippen molar-refractivity contribution in [2.24, 2.45) is 0 Å². The zero-order valence-corrected chi connectivity index (χ0v) is 10.2. The number of aliphatic hydroxyl groups is 1. The van der Waals surface area contributed by atoms with Crippen molar-refractivity contribution in [3.8, 4) is 5.75 Å². The van der Waals surface area contributed by atoms with Gasteiger partial charge in [0, 0.05) is 11.6 Å². The third-order valence-corrected chi connectivity index (χ3v) is 2.47. The van der Waals surface area contributed by atoms with Crippen molar-refractivity contribution in [1.82, 2.24) is 5.16 Å². The lowest BCUT2D eigenvalue weighted by Crippen LogP contribution is -2.01. The van der Waals surface area contributed by atoms with Gasteiger partial charge in [0.05, 0.1) is 6.10 Å². The Balaban J connectivity index is 2.13. The van der Waals surface area contributed by atoms with Crippen LogP contribution in [0.1, 0.15) is 30.0 Å². The Labute approximate surface area is 104 Å². The molecule has 1 atom stereocenters. The van der Waals surface area contributed by atoms with Crippen LogP contribution in [0.3, 0.4) is 0 Å². The molecule has 2 aromatic rings. The quantitative estimate of drug-likeness (QED) is 0.907. The zero-order valence-electron chi connectivity index (χ0n) is 10.2. The second-order valence-electron chi connectivity index (χ2n) is 4.08. The van der Waals surface area contributed by atoms with Crippen LogP contribution in [-0.2, 0) is 6.61 Å². The first kappa shape index (κ1) is 12.6. The molecule has 1 heterocycles. The van der Waals surface area contributed by atoms with Gasteiger partial charge in [-0.05, 0) is 32.0 Å². The number of hydrogen-bond donors (Lipinski definition) is 1. The van der Waals surface area contributed by atoms with Crippen LogP contribution in [0.15, 0.2) is 28.8 Å². The van der Waals surface area contributed by atoms with E-state index in [2.05, 4.69) is 5.16 Å². The van der Waals surface area contributed by atoms with Gasteiger partial charge >= 0.3 is 0 Å². The maximum atomic E-state index is 13.1. The van der Waals surface area contributed by atoms with E-state index in [1.54, 1.807) is 19.9 Å². The van der Waals surface area contributed by atoms with Crippen molar-refractivity contribution in [2.75, 3.05) is 0 Å². The van der Waals surface area contributed by atoms with Crippen LogP contribution in [-0.4, -0.2) is 10.3 Å². The highest BCUT2D eigenvalue weighted by molar-refractivity contribution is 5.35. The molecule has 0 bridgehead atoms.